The molecule has 3 heteroatoms. The van der Waals surface area contributed by atoms with Crippen molar-refractivity contribution in [2.75, 3.05) is 0 Å². The molecule has 0 aliphatic carbocycles. The third-order valence-electron chi connectivity index (χ3n) is 3.72. The van der Waals surface area contributed by atoms with Crippen LogP contribution in [0.1, 0.15) is 39.4 Å². The molecule has 0 saturated heterocycles. The lowest BCUT2D eigenvalue weighted by Crippen LogP contribution is -2.30. The summed E-state index contributed by atoms with van der Waals surface area (Å²) in [6.07, 6.45) is 0. The number of nitrogens with two attached hydrogens (primary N) is 1. The zero-order valence-electron chi connectivity index (χ0n) is 12.4. The molecule has 0 aromatic heterocycles. The lowest BCUT2D eigenvalue weighted by Gasteiger charge is -2.22. The molecule has 0 fully saturated rings. The largest absolute Gasteiger partial charge is 0.271 e. The Morgan fingerprint density at radius 1 is 0.950 bits per heavy atom. The van der Waals surface area contributed by atoms with E-state index < -0.39 is 0 Å². The van der Waals surface area contributed by atoms with Crippen LogP contribution in [-0.2, 0) is 0 Å². The number of rotatable bonds is 3. The number of halogens is 1. The summed E-state index contributed by atoms with van der Waals surface area (Å²) < 4.78 is 13.8. The Balaban J connectivity index is 2.55. The van der Waals surface area contributed by atoms with Gasteiger partial charge in [0.1, 0.15) is 5.82 Å². The highest BCUT2D eigenvalue weighted by atomic mass is 19.1. The molecule has 2 rings (SSSR count). The fourth-order valence-corrected chi connectivity index (χ4v) is 2.78. The zero-order valence-corrected chi connectivity index (χ0v) is 12.4. The molecule has 0 aliphatic heterocycles. The highest BCUT2D eigenvalue weighted by Gasteiger charge is 2.18. The second-order valence-corrected chi connectivity index (χ2v) is 5.42. The topological polar surface area (TPSA) is 38.0 Å². The fourth-order valence-electron chi connectivity index (χ4n) is 2.78. The number of hydrogen-bond acceptors (Lipinski definition) is 2. The van der Waals surface area contributed by atoms with Gasteiger partial charge < -0.3 is 0 Å². The first-order valence-electron chi connectivity index (χ1n) is 6.74. The molecule has 20 heavy (non-hydrogen) atoms. The predicted molar refractivity (Wildman–Crippen MR) is 81.0 cm³/mol. The Morgan fingerprint density at radius 3 is 2.05 bits per heavy atom. The molecule has 0 aliphatic rings. The molecule has 106 valence electrons. The summed E-state index contributed by atoms with van der Waals surface area (Å²) in [6, 6.07) is 9.30. The Hall–Kier alpha value is -1.71. The third-order valence-corrected chi connectivity index (χ3v) is 3.72. The fraction of sp³-hybridized carbons (Fsp3) is 0.294. The summed E-state index contributed by atoms with van der Waals surface area (Å²) in [5, 5.41) is 0. The number of hydrogen-bond donors (Lipinski definition) is 2. The van der Waals surface area contributed by atoms with E-state index in [9.17, 15) is 4.39 Å². The number of nitrogens with one attached hydrogen (secondary N) is 1. The van der Waals surface area contributed by atoms with E-state index in [0.29, 0.717) is 5.56 Å². The van der Waals surface area contributed by atoms with Gasteiger partial charge in [0.05, 0.1) is 6.04 Å². The van der Waals surface area contributed by atoms with Crippen LogP contribution in [0.25, 0.3) is 0 Å². The molecule has 0 saturated carbocycles. The monoisotopic (exact) mass is 272 g/mol. The van der Waals surface area contributed by atoms with E-state index in [-0.39, 0.29) is 11.9 Å². The van der Waals surface area contributed by atoms with Crippen LogP contribution < -0.4 is 11.3 Å². The van der Waals surface area contributed by atoms with E-state index in [1.54, 1.807) is 19.1 Å². The van der Waals surface area contributed by atoms with Gasteiger partial charge in [-0.3, -0.25) is 5.84 Å². The summed E-state index contributed by atoms with van der Waals surface area (Å²) in [6.45, 7) is 7.95. The van der Waals surface area contributed by atoms with Crippen molar-refractivity contribution in [2.45, 2.75) is 33.7 Å². The van der Waals surface area contributed by atoms with E-state index in [4.69, 9.17) is 5.84 Å². The maximum absolute atomic E-state index is 13.8. The van der Waals surface area contributed by atoms with E-state index >= 15 is 0 Å². The molecular formula is C17H21FN2. The van der Waals surface area contributed by atoms with Gasteiger partial charge in [0.15, 0.2) is 0 Å². The van der Waals surface area contributed by atoms with Crippen molar-refractivity contribution in [3.05, 3.63) is 69.5 Å². The molecule has 2 aromatic carbocycles. The van der Waals surface area contributed by atoms with Crippen LogP contribution in [0.2, 0.25) is 0 Å². The van der Waals surface area contributed by atoms with Gasteiger partial charge in [0.25, 0.3) is 0 Å². The van der Waals surface area contributed by atoms with Gasteiger partial charge in [-0.1, -0.05) is 29.8 Å². The van der Waals surface area contributed by atoms with Crippen LogP contribution >= 0.6 is 0 Å². The minimum absolute atomic E-state index is 0.203. The second kappa shape index (κ2) is 5.73. The number of benzene rings is 2. The average molecular weight is 272 g/mol. The highest BCUT2D eigenvalue weighted by molar-refractivity contribution is 5.44. The van der Waals surface area contributed by atoms with Crippen LogP contribution in [0.3, 0.4) is 0 Å². The van der Waals surface area contributed by atoms with Crippen LogP contribution in [0.5, 0.6) is 0 Å². The first-order chi connectivity index (χ1) is 9.43. The lowest BCUT2D eigenvalue weighted by molar-refractivity contribution is 0.596. The third kappa shape index (κ3) is 2.74. The Labute approximate surface area is 119 Å². The highest BCUT2D eigenvalue weighted by Crippen LogP contribution is 2.29. The van der Waals surface area contributed by atoms with E-state index in [0.717, 1.165) is 22.3 Å². The molecule has 0 radical (unpaired) electrons. The van der Waals surface area contributed by atoms with Crippen molar-refractivity contribution in [3.8, 4) is 0 Å². The molecule has 0 heterocycles. The maximum Gasteiger partial charge on any atom is 0.126 e. The first kappa shape index (κ1) is 14.7. The summed E-state index contributed by atoms with van der Waals surface area (Å²) in [7, 11) is 0. The average Bonchev–Trinajstić information content (AvgIpc) is 2.37. The summed E-state index contributed by atoms with van der Waals surface area (Å²) in [5.74, 6) is 5.52. The van der Waals surface area contributed by atoms with Gasteiger partial charge in [-0.25, -0.2) is 9.82 Å². The van der Waals surface area contributed by atoms with Gasteiger partial charge in [0, 0.05) is 0 Å². The van der Waals surface area contributed by atoms with Crippen molar-refractivity contribution in [2.24, 2.45) is 5.84 Å². The Kier molecular flexibility index (Phi) is 4.21. The van der Waals surface area contributed by atoms with Crippen molar-refractivity contribution in [1.82, 2.24) is 5.43 Å². The van der Waals surface area contributed by atoms with Crippen molar-refractivity contribution < 1.29 is 4.39 Å². The van der Waals surface area contributed by atoms with Gasteiger partial charge in [-0.05, 0) is 61.6 Å². The summed E-state index contributed by atoms with van der Waals surface area (Å²) in [5.41, 5.74) is 8.94. The van der Waals surface area contributed by atoms with Crippen molar-refractivity contribution in [1.29, 1.82) is 0 Å². The van der Waals surface area contributed by atoms with Crippen LogP contribution in [0.4, 0.5) is 4.39 Å². The SMILES string of the molecule is Cc1cc(C)c(C(NN)c2ccc(C)c(F)c2)c(C)c1. The van der Waals surface area contributed by atoms with Gasteiger partial charge in [-0.15, -0.1) is 0 Å². The molecule has 0 amide bonds. The molecule has 0 spiro atoms. The number of aryl methyl sites for hydroxylation is 4. The lowest BCUT2D eigenvalue weighted by atomic mass is 9.90. The summed E-state index contributed by atoms with van der Waals surface area (Å²) >= 11 is 0. The normalized spacial score (nSPS) is 12.5. The van der Waals surface area contributed by atoms with Crippen molar-refractivity contribution in [3.63, 3.8) is 0 Å². The smallest absolute Gasteiger partial charge is 0.126 e. The Bertz CT molecular complexity index is 612. The molecular weight excluding hydrogens is 251 g/mol. The minimum atomic E-state index is -0.204. The molecule has 2 nitrogen and oxygen atoms in total. The minimum Gasteiger partial charge on any atom is -0.271 e. The molecule has 0 bridgehead atoms. The first-order valence-corrected chi connectivity index (χ1v) is 6.74. The summed E-state index contributed by atoms with van der Waals surface area (Å²) in [4.78, 5) is 0. The van der Waals surface area contributed by atoms with Crippen LogP contribution in [0.15, 0.2) is 30.3 Å². The molecule has 1 atom stereocenters. The predicted octanol–water partition coefficient (Wildman–Crippen LogP) is 3.61. The van der Waals surface area contributed by atoms with Gasteiger partial charge >= 0.3 is 0 Å². The van der Waals surface area contributed by atoms with Gasteiger partial charge in [0.2, 0.25) is 0 Å². The standard InChI is InChI=1S/C17H21FN2/c1-10-7-12(3)16(13(4)8-10)17(20-19)14-6-5-11(2)15(18)9-14/h5-9,17,20H,19H2,1-4H3. The quantitative estimate of drug-likeness (QED) is 0.661. The van der Waals surface area contributed by atoms with E-state index in [1.165, 1.54) is 5.56 Å². The maximum atomic E-state index is 13.8. The van der Waals surface area contributed by atoms with Crippen LogP contribution in [0, 0.1) is 33.5 Å². The molecule has 2 aromatic rings. The van der Waals surface area contributed by atoms with Crippen LogP contribution in [-0.4, -0.2) is 0 Å². The Morgan fingerprint density at radius 2 is 1.55 bits per heavy atom. The second-order valence-electron chi connectivity index (χ2n) is 5.42. The van der Waals surface area contributed by atoms with Gasteiger partial charge in [-0.2, -0.15) is 0 Å². The molecule has 3 N–H and O–H groups in total. The zero-order chi connectivity index (χ0) is 14.9. The van der Waals surface area contributed by atoms with E-state index in [1.807, 2.05) is 6.07 Å². The van der Waals surface area contributed by atoms with E-state index in [2.05, 4.69) is 38.3 Å². The van der Waals surface area contributed by atoms with Crippen molar-refractivity contribution >= 4 is 0 Å². The molecule has 1 unspecified atom stereocenters. The number of hydrazine groups is 1.